The third kappa shape index (κ3) is 2.78. The monoisotopic (exact) mass is 240 g/mol. The molecule has 2 saturated heterocycles. The van der Waals surface area contributed by atoms with Crippen molar-refractivity contribution in [3.05, 3.63) is 0 Å². The van der Waals surface area contributed by atoms with Crippen molar-refractivity contribution in [2.75, 3.05) is 45.8 Å². The first-order valence-electron chi connectivity index (χ1n) is 6.67. The predicted molar refractivity (Wildman–Crippen MR) is 67.7 cm³/mol. The van der Waals surface area contributed by atoms with E-state index < -0.39 is 5.54 Å². The first-order chi connectivity index (χ1) is 8.15. The van der Waals surface area contributed by atoms with Gasteiger partial charge < -0.3 is 20.9 Å². The van der Waals surface area contributed by atoms with Gasteiger partial charge in [0.2, 0.25) is 5.91 Å². The van der Waals surface area contributed by atoms with Crippen LogP contribution in [0.3, 0.4) is 0 Å². The molecule has 0 unspecified atom stereocenters. The van der Waals surface area contributed by atoms with Crippen molar-refractivity contribution in [2.45, 2.75) is 25.3 Å². The molecule has 3 N–H and O–H groups in total. The van der Waals surface area contributed by atoms with E-state index in [0.29, 0.717) is 0 Å². The van der Waals surface area contributed by atoms with E-state index in [4.69, 9.17) is 5.73 Å². The molecule has 2 aliphatic rings. The highest BCUT2D eigenvalue weighted by molar-refractivity contribution is 5.86. The van der Waals surface area contributed by atoms with E-state index in [1.54, 1.807) is 0 Å². The third-order valence-electron chi connectivity index (χ3n) is 4.03. The Labute approximate surface area is 103 Å². The van der Waals surface area contributed by atoms with Crippen molar-refractivity contribution in [3.8, 4) is 0 Å². The lowest BCUT2D eigenvalue weighted by atomic mass is 9.87. The molecule has 0 aromatic carbocycles. The molecule has 2 rings (SSSR count). The molecule has 5 nitrogen and oxygen atoms in total. The van der Waals surface area contributed by atoms with E-state index in [0.717, 1.165) is 58.7 Å². The second-order valence-electron chi connectivity index (χ2n) is 5.13. The number of piperidine rings is 1. The summed E-state index contributed by atoms with van der Waals surface area (Å²) in [6, 6.07) is 0. The van der Waals surface area contributed by atoms with Gasteiger partial charge in [0.25, 0.3) is 0 Å². The Morgan fingerprint density at radius 1 is 1.24 bits per heavy atom. The largest absolute Gasteiger partial charge is 0.339 e. The number of hydrogen-bond donors (Lipinski definition) is 2. The van der Waals surface area contributed by atoms with Crippen LogP contribution in [0.2, 0.25) is 0 Å². The van der Waals surface area contributed by atoms with Crippen LogP contribution < -0.4 is 11.1 Å². The van der Waals surface area contributed by atoms with Gasteiger partial charge in [-0.1, -0.05) is 6.92 Å². The molecular weight excluding hydrogens is 216 g/mol. The lowest BCUT2D eigenvalue weighted by Gasteiger charge is -2.41. The number of carbonyl (C=O) groups excluding carboxylic acids is 1. The van der Waals surface area contributed by atoms with E-state index >= 15 is 0 Å². The summed E-state index contributed by atoms with van der Waals surface area (Å²) in [4.78, 5) is 16.7. The van der Waals surface area contributed by atoms with Gasteiger partial charge in [-0.05, 0) is 19.4 Å². The van der Waals surface area contributed by atoms with Crippen LogP contribution in [0.5, 0.6) is 0 Å². The minimum absolute atomic E-state index is 0.162. The Bertz CT molecular complexity index is 268. The maximum atomic E-state index is 12.4. The molecule has 98 valence electrons. The molecule has 0 aromatic heterocycles. The van der Waals surface area contributed by atoms with Crippen molar-refractivity contribution in [2.24, 2.45) is 5.73 Å². The van der Waals surface area contributed by atoms with Crippen LogP contribution in [0.25, 0.3) is 0 Å². The molecule has 2 heterocycles. The molecule has 0 bridgehead atoms. The molecule has 0 spiro atoms. The van der Waals surface area contributed by atoms with Crippen LogP contribution in [-0.4, -0.2) is 67.1 Å². The van der Waals surface area contributed by atoms with Crippen molar-refractivity contribution in [1.82, 2.24) is 15.1 Å². The summed E-state index contributed by atoms with van der Waals surface area (Å²) >= 11 is 0. The van der Waals surface area contributed by atoms with Gasteiger partial charge in [0.05, 0.1) is 5.54 Å². The molecule has 0 saturated carbocycles. The second kappa shape index (κ2) is 5.33. The number of rotatable bonds is 2. The summed E-state index contributed by atoms with van der Waals surface area (Å²) in [5, 5.41) is 3.26. The summed E-state index contributed by atoms with van der Waals surface area (Å²) in [5.74, 6) is 0.162. The van der Waals surface area contributed by atoms with Gasteiger partial charge in [-0.15, -0.1) is 0 Å². The van der Waals surface area contributed by atoms with Gasteiger partial charge in [-0.2, -0.15) is 0 Å². The highest BCUT2D eigenvalue weighted by atomic mass is 16.2. The summed E-state index contributed by atoms with van der Waals surface area (Å²) in [7, 11) is 0. The Balaban J connectivity index is 1.93. The second-order valence-corrected chi connectivity index (χ2v) is 5.13. The third-order valence-corrected chi connectivity index (χ3v) is 4.03. The number of likely N-dealkylation sites (tertiary alicyclic amines) is 1. The minimum atomic E-state index is -0.608. The minimum Gasteiger partial charge on any atom is -0.339 e. The topological polar surface area (TPSA) is 61.6 Å². The number of nitrogens with one attached hydrogen (secondary N) is 1. The Morgan fingerprint density at radius 2 is 1.82 bits per heavy atom. The quantitative estimate of drug-likeness (QED) is 0.665. The van der Waals surface area contributed by atoms with Crippen LogP contribution in [0.1, 0.15) is 19.8 Å². The van der Waals surface area contributed by atoms with Crippen LogP contribution in [0, 0.1) is 0 Å². The summed E-state index contributed by atoms with van der Waals surface area (Å²) in [6.07, 6.45) is 1.59. The first-order valence-corrected chi connectivity index (χ1v) is 6.67. The molecule has 0 aliphatic carbocycles. The zero-order valence-electron chi connectivity index (χ0n) is 10.7. The Hall–Kier alpha value is -0.650. The number of carbonyl (C=O) groups is 1. The van der Waals surface area contributed by atoms with E-state index in [2.05, 4.69) is 17.1 Å². The van der Waals surface area contributed by atoms with Gasteiger partial charge in [-0.3, -0.25) is 4.79 Å². The van der Waals surface area contributed by atoms with Crippen LogP contribution >= 0.6 is 0 Å². The molecule has 1 amide bonds. The predicted octanol–water partition coefficient (Wildman–Crippen LogP) is -0.769. The van der Waals surface area contributed by atoms with Gasteiger partial charge in [0.1, 0.15) is 0 Å². The van der Waals surface area contributed by atoms with Crippen LogP contribution in [0.4, 0.5) is 0 Å². The molecule has 0 atom stereocenters. The summed E-state index contributed by atoms with van der Waals surface area (Å²) in [6.45, 7) is 8.49. The van der Waals surface area contributed by atoms with E-state index in [1.807, 2.05) is 4.90 Å². The fraction of sp³-hybridized carbons (Fsp3) is 0.917. The lowest BCUT2D eigenvalue weighted by Crippen LogP contribution is -2.62. The van der Waals surface area contributed by atoms with Gasteiger partial charge in [-0.25, -0.2) is 0 Å². The highest BCUT2D eigenvalue weighted by Crippen LogP contribution is 2.22. The lowest BCUT2D eigenvalue weighted by molar-refractivity contribution is -0.139. The van der Waals surface area contributed by atoms with Crippen LogP contribution in [-0.2, 0) is 4.79 Å². The smallest absolute Gasteiger partial charge is 0.242 e. The summed E-state index contributed by atoms with van der Waals surface area (Å²) < 4.78 is 0. The molecule has 5 heteroatoms. The number of amides is 1. The average Bonchev–Trinajstić information content (AvgIpc) is 2.40. The Morgan fingerprint density at radius 3 is 2.35 bits per heavy atom. The first kappa shape index (κ1) is 12.8. The molecular formula is C12H24N4O. The van der Waals surface area contributed by atoms with Gasteiger partial charge in [0, 0.05) is 39.3 Å². The molecule has 0 aromatic rings. The van der Waals surface area contributed by atoms with E-state index in [9.17, 15) is 4.79 Å². The van der Waals surface area contributed by atoms with Gasteiger partial charge in [0.15, 0.2) is 0 Å². The molecule has 2 aliphatic heterocycles. The normalized spacial score (nSPS) is 25.9. The van der Waals surface area contributed by atoms with Crippen molar-refractivity contribution in [3.63, 3.8) is 0 Å². The summed E-state index contributed by atoms with van der Waals surface area (Å²) in [5.41, 5.74) is 5.70. The standard InChI is InChI=1S/C12H24N4O/c1-2-15-7-3-12(13,4-8-15)11(17)16-9-5-14-6-10-16/h14H,2-10,13H2,1H3. The fourth-order valence-corrected chi connectivity index (χ4v) is 2.66. The average molecular weight is 240 g/mol. The number of nitrogens with two attached hydrogens (primary N) is 1. The fourth-order valence-electron chi connectivity index (χ4n) is 2.66. The van der Waals surface area contributed by atoms with Crippen molar-refractivity contribution < 1.29 is 4.79 Å². The maximum absolute atomic E-state index is 12.4. The maximum Gasteiger partial charge on any atom is 0.242 e. The molecule has 2 fully saturated rings. The SMILES string of the molecule is CCN1CCC(N)(C(=O)N2CCNCC2)CC1. The van der Waals surface area contributed by atoms with Gasteiger partial charge >= 0.3 is 0 Å². The van der Waals surface area contributed by atoms with E-state index in [1.165, 1.54) is 0 Å². The number of nitrogens with zero attached hydrogens (tertiary/aromatic N) is 2. The van der Waals surface area contributed by atoms with Crippen LogP contribution in [0.15, 0.2) is 0 Å². The Kier molecular flexibility index (Phi) is 4.01. The zero-order valence-corrected chi connectivity index (χ0v) is 10.7. The highest BCUT2D eigenvalue weighted by Gasteiger charge is 2.40. The van der Waals surface area contributed by atoms with E-state index in [-0.39, 0.29) is 5.91 Å². The van der Waals surface area contributed by atoms with Crippen molar-refractivity contribution >= 4 is 5.91 Å². The molecule has 17 heavy (non-hydrogen) atoms. The molecule has 0 radical (unpaired) electrons. The van der Waals surface area contributed by atoms with Crippen molar-refractivity contribution in [1.29, 1.82) is 0 Å². The number of piperazine rings is 1. The zero-order chi connectivity index (χ0) is 12.3. The number of hydrogen-bond acceptors (Lipinski definition) is 4.